The monoisotopic (exact) mass is 432 g/mol. The van der Waals surface area contributed by atoms with E-state index in [-0.39, 0.29) is 53.4 Å². The molecule has 0 aromatic heterocycles. The van der Waals surface area contributed by atoms with E-state index in [1.807, 2.05) is 13.0 Å². The highest BCUT2D eigenvalue weighted by Crippen LogP contribution is 2.69. The van der Waals surface area contributed by atoms with E-state index in [9.17, 15) is 19.8 Å². The van der Waals surface area contributed by atoms with Crippen molar-refractivity contribution in [3.8, 4) is 0 Å². The van der Waals surface area contributed by atoms with Gasteiger partial charge in [0.2, 0.25) is 0 Å². The molecular weight excluding hydrogens is 396 g/mol. The Bertz CT molecular complexity index is 832. The van der Waals surface area contributed by atoms with Crippen LogP contribution < -0.4 is 0 Å². The van der Waals surface area contributed by atoms with Crippen LogP contribution in [0.15, 0.2) is 23.8 Å². The van der Waals surface area contributed by atoms with Crippen molar-refractivity contribution in [2.24, 2.45) is 40.4 Å². The smallest absolute Gasteiger partial charge is 0.190 e. The Morgan fingerprint density at radius 3 is 2.61 bits per heavy atom. The van der Waals surface area contributed by atoms with Gasteiger partial charge in [0.25, 0.3) is 0 Å². The highest BCUT2D eigenvalue weighted by Gasteiger charge is 2.71. The summed E-state index contributed by atoms with van der Waals surface area (Å²) in [5.41, 5.74) is -1.06. The molecule has 3 fully saturated rings. The third-order valence-corrected chi connectivity index (χ3v) is 9.32. The molecule has 0 radical (unpaired) electrons. The lowest BCUT2D eigenvalue weighted by molar-refractivity contribution is -0.223. The normalized spacial score (nSPS) is 48.6. The minimum absolute atomic E-state index is 0.0166. The van der Waals surface area contributed by atoms with Crippen LogP contribution in [-0.2, 0) is 19.1 Å². The molecule has 4 aliphatic rings. The Morgan fingerprint density at radius 2 is 1.97 bits per heavy atom. The van der Waals surface area contributed by atoms with Gasteiger partial charge in [-0.05, 0) is 55.1 Å². The summed E-state index contributed by atoms with van der Waals surface area (Å²) in [5.74, 6) is 0.127. The number of ether oxygens (including phenoxy) is 2. The first kappa shape index (κ1) is 22.8. The molecule has 2 N–H and O–H groups in total. The minimum atomic E-state index is -1.19. The highest BCUT2D eigenvalue weighted by atomic mass is 16.7. The average Bonchev–Trinajstić information content (AvgIpc) is 2.94. The van der Waals surface area contributed by atoms with Gasteiger partial charge in [0.15, 0.2) is 11.6 Å². The van der Waals surface area contributed by atoms with E-state index in [0.717, 1.165) is 18.4 Å². The van der Waals surface area contributed by atoms with Gasteiger partial charge in [-0.2, -0.15) is 0 Å². The fraction of sp³-hybridized carbons (Fsp3) is 0.760. The third-order valence-electron chi connectivity index (χ3n) is 9.32. The molecular formula is C25H36O6. The van der Waals surface area contributed by atoms with Gasteiger partial charge in [-0.3, -0.25) is 9.59 Å². The Labute approximate surface area is 184 Å². The van der Waals surface area contributed by atoms with E-state index >= 15 is 0 Å². The highest BCUT2D eigenvalue weighted by molar-refractivity contribution is 6.01. The van der Waals surface area contributed by atoms with Crippen LogP contribution in [0.25, 0.3) is 0 Å². The number of carbonyl (C=O) groups is 2. The lowest BCUT2D eigenvalue weighted by Gasteiger charge is -2.61. The van der Waals surface area contributed by atoms with E-state index in [1.165, 1.54) is 7.11 Å². The number of carbonyl (C=O) groups excluding carboxylic acids is 2. The maximum absolute atomic E-state index is 13.2. The van der Waals surface area contributed by atoms with Crippen LogP contribution in [0.3, 0.4) is 0 Å². The third kappa shape index (κ3) is 2.91. The lowest BCUT2D eigenvalue weighted by atomic mass is 9.44. The zero-order valence-electron chi connectivity index (χ0n) is 19.3. The zero-order chi connectivity index (χ0) is 22.8. The number of allylic oxidation sites excluding steroid dienone is 4. The number of methoxy groups -OCH3 is 1. The van der Waals surface area contributed by atoms with Crippen LogP contribution in [0, 0.1) is 40.4 Å². The number of aliphatic hydroxyl groups is 2. The number of aliphatic hydroxyl groups excluding tert-OH is 2. The van der Waals surface area contributed by atoms with Crippen LogP contribution >= 0.6 is 0 Å². The van der Waals surface area contributed by atoms with Gasteiger partial charge in [-0.1, -0.05) is 39.3 Å². The van der Waals surface area contributed by atoms with E-state index in [0.29, 0.717) is 6.42 Å². The van der Waals surface area contributed by atoms with Gasteiger partial charge < -0.3 is 19.7 Å². The summed E-state index contributed by atoms with van der Waals surface area (Å²) in [5, 5.41) is 21.4. The second-order valence-electron chi connectivity index (χ2n) is 10.7. The fourth-order valence-electron chi connectivity index (χ4n) is 8.32. The van der Waals surface area contributed by atoms with Crippen LogP contribution in [0.5, 0.6) is 0 Å². The first-order valence-electron chi connectivity index (χ1n) is 11.5. The first-order chi connectivity index (χ1) is 14.6. The summed E-state index contributed by atoms with van der Waals surface area (Å²) in [6.45, 7) is 7.76. The Kier molecular flexibility index (Phi) is 5.61. The molecule has 172 valence electrons. The van der Waals surface area contributed by atoms with Crippen molar-refractivity contribution in [1.82, 2.24) is 0 Å². The summed E-state index contributed by atoms with van der Waals surface area (Å²) >= 11 is 0. The summed E-state index contributed by atoms with van der Waals surface area (Å²) in [7, 11) is 1.52. The summed E-state index contributed by atoms with van der Waals surface area (Å²) in [4.78, 5) is 25.3. The van der Waals surface area contributed by atoms with Crippen molar-refractivity contribution in [3.05, 3.63) is 23.8 Å². The number of hydrogen-bond donors (Lipinski definition) is 2. The number of hydrogen-bond acceptors (Lipinski definition) is 6. The van der Waals surface area contributed by atoms with Crippen molar-refractivity contribution in [1.29, 1.82) is 0 Å². The maximum atomic E-state index is 13.2. The van der Waals surface area contributed by atoms with E-state index in [4.69, 9.17) is 9.47 Å². The molecule has 9 atom stereocenters. The summed E-state index contributed by atoms with van der Waals surface area (Å²) < 4.78 is 11.3. The van der Waals surface area contributed by atoms with Crippen LogP contribution in [-0.4, -0.2) is 54.0 Å². The first-order valence-corrected chi connectivity index (χ1v) is 11.5. The second-order valence-corrected chi connectivity index (χ2v) is 10.7. The summed E-state index contributed by atoms with van der Waals surface area (Å²) in [6.07, 6.45) is 6.83. The van der Waals surface area contributed by atoms with Crippen molar-refractivity contribution < 1.29 is 29.3 Å². The van der Waals surface area contributed by atoms with E-state index < -0.39 is 23.7 Å². The molecule has 0 aliphatic heterocycles. The maximum Gasteiger partial charge on any atom is 0.190 e. The van der Waals surface area contributed by atoms with Crippen molar-refractivity contribution in [2.45, 2.75) is 58.7 Å². The standard InChI is InChI=1S/C25H36O6/c1-14-8-17-19-9-15(2)25(21(29)12-26,31-13-30-5)24(19,4)11-20(28)22(17)23(3)7-6-16(27)10-18(14)23/h6-7,10,14-15,17,19-20,22,26,28H,8-9,11-13H2,1-5H3/t14-,15-,17-,19-,20-,22+,23-,24-,25-/m0/s1. The van der Waals surface area contributed by atoms with Crippen LogP contribution in [0.1, 0.15) is 47.0 Å². The molecule has 0 unspecified atom stereocenters. The number of Topliss-reactive ketones (excluding diaryl/α,β-unsaturated/α-hetero) is 1. The van der Waals surface area contributed by atoms with Gasteiger partial charge in [0.1, 0.15) is 19.0 Å². The number of ketones is 2. The Morgan fingerprint density at radius 1 is 1.26 bits per heavy atom. The SMILES string of the molecule is COCO[C@]1(C(=O)CO)[C@@H](C)C[C@H]2[C@@H]3C[C@H](C)C4=CC(=O)C=C[C@]4(C)[C@H]3[C@@H](O)C[C@@]21C. The zero-order valence-corrected chi connectivity index (χ0v) is 19.3. The molecule has 0 bridgehead atoms. The second kappa shape index (κ2) is 7.62. The largest absolute Gasteiger partial charge is 0.393 e. The van der Waals surface area contributed by atoms with Gasteiger partial charge in [-0.15, -0.1) is 0 Å². The molecule has 0 aromatic carbocycles. The molecule has 31 heavy (non-hydrogen) atoms. The summed E-state index contributed by atoms with van der Waals surface area (Å²) in [6, 6.07) is 0. The van der Waals surface area contributed by atoms with Crippen LogP contribution in [0.2, 0.25) is 0 Å². The molecule has 6 nitrogen and oxygen atoms in total. The lowest BCUT2D eigenvalue weighted by Crippen LogP contribution is -2.64. The quantitative estimate of drug-likeness (QED) is 0.649. The molecule has 4 rings (SSSR count). The van der Waals surface area contributed by atoms with Crippen LogP contribution in [0.4, 0.5) is 0 Å². The van der Waals surface area contributed by atoms with Gasteiger partial charge in [0.05, 0.1) is 6.10 Å². The fourth-order valence-corrected chi connectivity index (χ4v) is 8.32. The molecule has 4 aliphatic carbocycles. The molecule has 0 amide bonds. The minimum Gasteiger partial charge on any atom is -0.393 e. The van der Waals surface area contributed by atoms with Crippen molar-refractivity contribution in [2.75, 3.05) is 20.5 Å². The van der Waals surface area contributed by atoms with Crippen molar-refractivity contribution in [3.63, 3.8) is 0 Å². The number of rotatable bonds is 5. The molecule has 0 spiro atoms. The average molecular weight is 433 g/mol. The van der Waals surface area contributed by atoms with E-state index in [2.05, 4.69) is 20.8 Å². The molecule has 0 heterocycles. The molecule has 0 saturated heterocycles. The van der Waals surface area contributed by atoms with Gasteiger partial charge in [-0.25, -0.2) is 0 Å². The molecule has 6 heteroatoms. The van der Waals surface area contributed by atoms with E-state index in [1.54, 1.807) is 12.2 Å². The predicted octanol–water partition coefficient (Wildman–Crippen LogP) is 2.68. The molecule has 3 saturated carbocycles. The predicted molar refractivity (Wildman–Crippen MR) is 115 cm³/mol. The van der Waals surface area contributed by atoms with Crippen molar-refractivity contribution >= 4 is 11.6 Å². The van der Waals surface area contributed by atoms with Gasteiger partial charge >= 0.3 is 0 Å². The van der Waals surface area contributed by atoms with Gasteiger partial charge in [0, 0.05) is 23.9 Å². The Balaban J connectivity index is 1.81. The number of fused-ring (bicyclic) bond motifs is 5. The Hall–Kier alpha value is -1.34. The topological polar surface area (TPSA) is 93.1 Å². The molecule has 0 aromatic rings.